The van der Waals surface area contributed by atoms with Crippen molar-refractivity contribution < 1.29 is 18.6 Å². The van der Waals surface area contributed by atoms with Crippen molar-refractivity contribution in [1.29, 1.82) is 0 Å². The standard InChI is InChI=1S/C27H33NO4/c1-29-23-8-10-25-20(13-23)14-24(32-25)12-18-11-21(17-28-16-18)19-7-9-26(30-2)27(15-19)31-22-5-3-4-6-22/h7-10,13-15,18,21-22,28H,3-6,11-12,16-17H2,1-2H3/t18-,21-/m1/s1. The molecule has 2 fully saturated rings. The summed E-state index contributed by atoms with van der Waals surface area (Å²) in [5, 5.41) is 4.74. The largest absolute Gasteiger partial charge is 0.497 e. The van der Waals surface area contributed by atoms with E-state index in [0.717, 1.165) is 72.8 Å². The van der Waals surface area contributed by atoms with Gasteiger partial charge >= 0.3 is 0 Å². The van der Waals surface area contributed by atoms with E-state index < -0.39 is 0 Å². The van der Waals surface area contributed by atoms with E-state index in [9.17, 15) is 0 Å². The van der Waals surface area contributed by atoms with Crippen LogP contribution in [0.2, 0.25) is 0 Å². The van der Waals surface area contributed by atoms with Crippen LogP contribution in [0.1, 0.15) is 49.3 Å². The minimum Gasteiger partial charge on any atom is -0.497 e. The molecule has 1 aromatic heterocycles. The molecule has 2 aliphatic rings. The lowest BCUT2D eigenvalue weighted by molar-refractivity contribution is 0.200. The lowest BCUT2D eigenvalue weighted by Gasteiger charge is -2.30. The second-order valence-electron chi connectivity index (χ2n) is 9.21. The first-order chi connectivity index (χ1) is 15.7. The van der Waals surface area contributed by atoms with Gasteiger partial charge in [0.2, 0.25) is 0 Å². The maximum Gasteiger partial charge on any atom is 0.161 e. The van der Waals surface area contributed by atoms with Gasteiger partial charge in [-0.1, -0.05) is 6.07 Å². The van der Waals surface area contributed by atoms with Gasteiger partial charge in [0.15, 0.2) is 11.5 Å². The zero-order valence-electron chi connectivity index (χ0n) is 19.1. The molecule has 5 nitrogen and oxygen atoms in total. The molecular formula is C27H33NO4. The minimum atomic E-state index is 0.322. The van der Waals surface area contributed by atoms with Crippen molar-refractivity contribution >= 4 is 11.0 Å². The fourth-order valence-corrected chi connectivity index (χ4v) is 5.25. The van der Waals surface area contributed by atoms with Crippen LogP contribution in [0, 0.1) is 5.92 Å². The van der Waals surface area contributed by atoms with Crippen LogP contribution in [-0.2, 0) is 6.42 Å². The number of methoxy groups -OCH3 is 2. The molecule has 170 valence electrons. The Labute approximate surface area is 190 Å². The Morgan fingerprint density at radius 2 is 1.81 bits per heavy atom. The summed E-state index contributed by atoms with van der Waals surface area (Å²) in [7, 11) is 3.41. The lowest BCUT2D eigenvalue weighted by atomic mass is 9.83. The van der Waals surface area contributed by atoms with E-state index >= 15 is 0 Å². The summed E-state index contributed by atoms with van der Waals surface area (Å²) in [6.45, 7) is 2.00. The van der Waals surface area contributed by atoms with E-state index in [0.29, 0.717) is 17.9 Å². The number of ether oxygens (including phenoxy) is 3. The first kappa shape index (κ1) is 21.2. The highest BCUT2D eigenvalue weighted by molar-refractivity contribution is 5.79. The normalized spacial score (nSPS) is 21.7. The van der Waals surface area contributed by atoms with Crippen LogP contribution in [0.5, 0.6) is 17.2 Å². The second-order valence-corrected chi connectivity index (χ2v) is 9.21. The summed E-state index contributed by atoms with van der Waals surface area (Å²) in [6.07, 6.45) is 7.19. The smallest absolute Gasteiger partial charge is 0.161 e. The summed E-state index contributed by atoms with van der Waals surface area (Å²) >= 11 is 0. The van der Waals surface area contributed by atoms with Gasteiger partial charge in [-0.25, -0.2) is 0 Å². The Morgan fingerprint density at radius 3 is 2.62 bits per heavy atom. The molecule has 0 unspecified atom stereocenters. The van der Waals surface area contributed by atoms with E-state index in [4.69, 9.17) is 18.6 Å². The SMILES string of the molecule is COc1ccc2oc(C[C@@H]3CNC[C@H](c4ccc(OC)c(OC5CCCC5)c4)C3)cc2c1. The Morgan fingerprint density at radius 1 is 0.938 bits per heavy atom. The van der Waals surface area contributed by atoms with Crippen LogP contribution < -0.4 is 19.5 Å². The van der Waals surface area contributed by atoms with Crippen molar-refractivity contribution in [2.45, 2.75) is 50.5 Å². The molecule has 5 heteroatoms. The zero-order chi connectivity index (χ0) is 21.9. The molecule has 2 atom stereocenters. The summed E-state index contributed by atoms with van der Waals surface area (Å²) in [4.78, 5) is 0. The summed E-state index contributed by atoms with van der Waals surface area (Å²) in [5.74, 6) is 4.61. The van der Waals surface area contributed by atoms with Gasteiger partial charge < -0.3 is 23.9 Å². The number of piperidine rings is 1. The molecule has 0 amide bonds. The predicted octanol–water partition coefficient (Wildman–Crippen LogP) is 5.71. The van der Waals surface area contributed by atoms with E-state index in [1.165, 1.54) is 18.4 Å². The van der Waals surface area contributed by atoms with Crippen molar-refractivity contribution in [3.8, 4) is 17.2 Å². The van der Waals surface area contributed by atoms with Crippen LogP contribution in [0.3, 0.4) is 0 Å². The Balaban J connectivity index is 1.29. The molecule has 1 N–H and O–H groups in total. The summed E-state index contributed by atoms with van der Waals surface area (Å²) in [5.41, 5.74) is 2.25. The van der Waals surface area contributed by atoms with Crippen LogP contribution >= 0.6 is 0 Å². The van der Waals surface area contributed by atoms with E-state index in [1.54, 1.807) is 14.2 Å². The molecule has 0 spiro atoms. The number of hydrogen-bond donors (Lipinski definition) is 1. The Bertz CT molecular complexity index is 1050. The van der Waals surface area contributed by atoms with Gasteiger partial charge in [0.1, 0.15) is 17.1 Å². The van der Waals surface area contributed by atoms with E-state index in [-0.39, 0.29) is 0 Å². The van der Waals surface area contributed by atoms with Gasteiger partial charge in [0.05, 0.1) is 20.3 Å². The third-order valence-electron chi connectivity index (χ3n) is 6.96. The van der Waals surface area contributed by atoms with Gasteiger partial charge in [-0.15, -0.1) is 0 Å². The molecule has 0 radical (unpaired) electrons. The molecule has 0 bridgehead atoms. The number of nitrogens with one attached hydrogen (secondary N) is 1. The van der Waals surface area contributed by atoms with Gasteiger partial charge in [-0.3, -0.25) is 0 Å². The number of hydrogen-bond acceptors (Lipinski definition) is 5. The van der Waals surface area contributed by atoms with Crippen LogP contribution in [-0.4, -0.2) is 33.4 Å². The molecule has 2 heterocycles. The molecular weight excluding hydrogens is 402 g/mol. The maximum atomic E-state index is 6.33. The topological polar surface area (TPSA) is 52.9 Å². The second kappa shape index (κ2) is 9.45. The minimum absolute atomic E-state index is 0.322. The van der Waals surface area contributed by atoms with Crippen molar-refractivity contribution in [3.63, 3.8) is 0 Å². The third-order valence-corrected chi connectivity index (χ3v) is 6.96. The van der Waals surface area contributed by atoms with Gasteiger partial charge in [-0.05, 0) is 92.4 Å². The molecule has 5 rings (SSSR count). The fourth-order valence-electron chi connectivity index (χ4n) is 5.25. The number of rotatable bonds is 7. The van der Waals surface area contributed by atoms with E-state index in [2.05, 4.69) is 29.6 Å². The highest BCUT2D eigenvalue weighted by Crippen LogP contribution is 2.37. The molecule has 2 aromatic carbocycles. The number of benzene rings is 2. The number of furan rings is 1. The predicted molar refractivity (Wildman–Crippen MR) is 126 cm³/mol. The van der Waals surface area contributed by atoms with Crippen LogP contribution in [0.4, 0.5) is 0 Å². The van der Waals surface area contributed by atoms with Crippen LogP contribution in [0.25, 0.3) is 11.0 Å². The third kappa shape index (κ3) is 4.58. The molecule has 1 aliphatic carbocycles. The maximum absolute atomic E-state index is 6.33. The first-order valence-electron chi connectivity index (χ1n) is 11.8. The van der Waals surface area contributed by atoms with E-state index in [1.807, 2.05) is 18.2 Å². The monoisotopic (exact) mass is 435 g/mol. The quantitative estimate of drug-likeness (QED) is 0.515. The summed E-state index contributed by atoms with van der Waals surface area (Å²) < 4.78 is 23.4. The average molecular weight is 436 g/mol. The van der Waals surface area contributed by atoms with Crippen molar-refractivity contribution in [1.82, 2.24) is 5.32 Å². The molecule has 1 aliphatic heterocycles. The fraction of sp³-hybridized carbons (Fsp3) is 0.481. The van der Waals surface area contributed by atoms with Gasteiger partial charge in [-0.2, -0.15) is 0 Å². The molecule has 1 saturated heterocycles. The zero-order valence-corrected chi connectivity index (χ0v) is 19.1. The molecule has 32 heavy (non-hydrogen) atoms. The highest BCUT2D eigenvalue weighted by atomic mass is 16.5. The summed E-state index contributed by atoms with van der Waals surface area (Å²) in [6, 6.07) is 14.6. The highest BCUT2D eigenvalue weighted by Gasteiger charge is 2.26. The van der Waals surface area contributed by atoms with Crippen molar-refractivity contribution in [3.05, 3.63) is 53.8 Å². The van der Waals surface area contributed by atoms with Crippen LogP contribution in [0.15, 0.2) is 46.9 Å². The molecule has 3 aromatic rings. The molecule has 1 saturated carbocycles. The number of fused-ring (bicyclic) bond motifs is 1. The van der Waals surface area contributed by atoms with Gasteiger partial charge in [0.25, 0.3) is 0 Å². The lowest BCUT2D eigenvalue weighted by Crippen LogP contribution is -2.36. The first-order valence-corrected chi connectivity index (χ1v) is 11.8. The van der Waals surface area contributed by atoms with Crippen molar-refractivity contribution in [2.24, 2.45) is 5.92 Å². The Hall–Kier alpha value is -2.66. The average Bonchev–Trinajstić information content (AvgIpc) is 3.48. The Kier molecular flexibility index (Phi) is 6.26. The van der Waals surface area contributed by atoms with Crippen molar-refractivity contribution in [2.75, 3.05) is 27.3 Å². The van der Waals surface area contributed by atoms with Gasteiger partial charge in [0, 0.05) is 18.4 Å².